The second kappa shape index (κ2) is 13.6. The summed E-state index contributed by atoms with van der Waals surface area (Å²) in [5.74, 6) is 1.19. The summed E-state index contributed by atoms with van der Waals surface area (Å²) >= 11 is 0. The Bertz CT molecular complexity index is 1460. The molecular formula is C37H47N3O3. The fourth-order valence-corrected chi connectivity index (χ4v) is 6.77. The second-order valence-corrected chi connectivity index (χ2v) is 13.1. The lowest BCUT2D eigenvalue weighted by atomic mass is 9.80. The van der Waals surface area contributed by atoms with Crippen LogP contribution in [-0.4, -0.2) is 58.6 Å². The molecule has 0 saturated heterocycles. The van der Waals surface area contributed by atoms with Crippen LogP contribution in [0.3, 0.4) is 0 Å². The Morgan fingerprint density at radius 1 is 0.721 bits per heavy atom. The third-order valence-corrected chi connectivity index (χ3v) is 9.19. The van der Waals surface area contributed by atoms with Crippen LogP contribution in [0.5, 0.6) is 0 Å². The number of aryl methyl sites for hydroxylation is 1. The molecule has 6 rings (SSSR count). The van der Waals surface area contributed by atoms with E-state index in [1.165, 1.54) is 40.2 Å². The minimum atomic E-state index is 0.190. The van der Waals surface area contributed by atoms with Gasteiger partial charge in [0.05, 0.1) is 0 Å². The summed E-state index contributed by atoms with van der Waals surface area (Å²) in [4.78, 5) is 38.8. The third kappa shape index (κ3) is 7.35. The van der Waals surface area contributed by atoms with E-state index in [0.717, 1.165) is 67.9 Å². The molecule has 0 amide bonds. The smallest absolute Gasteiger partial charge is 0.150 e. The van der Waals surface area contributed by atoms with E-state index >= 15 is 0 Å². The number of fused-ring (bicyclic) bond motifs is 3. The van der Waals surface area contributed by atoms with Crippen molar-refractivity contribution in [3.8, 4) is 0 Å². The van der Waals surface area contributed by atoms with Crippen LogP contribution < -0.4 is 14.7 Å². The molecule has 0 aliphatic carbocycles. The van der Waals surface area contributed by atoms with Crippen molar-refractivity contribution >= 4 is 35.9 Å². The van der Waals surface area contributed by atoms with Crippen LogP contribution in [0.1, 0.15) is 94.2 Å². The van der Waals surface area contributed by atoms with Gasteiger partial charge in [-0.25, -0.2) is 0 Å². The Morgan fingerprint density at radius 2 is 1.26 bits per heavy atom. The standard InChI is InChI=1S/C14H19NO.C12H15NO.C11H13NO/c1-10-8-14(2,3)15(4)13-6-5-11(9-16)7-12(10)13;1-9-5-11-6-10(8-14)3-4-12(11)13(2)7-9;1-12-6-2-3-10-7-9(8-13)4-5-11(10)12/h5-7,9-10H,8H2,1-4H3;3-4,6,8-9H,5,7H2,1-2H3;4-5,7-8H,2-3,6H2,1H3. The van der Waals surface area contributed by atoms with Gasteiger partial charge in [0.1, 0.15) is 18.9 Å². The molecule has 0 bridgehead atoms. The first kappa shape index (κ1) is 32.0. The average molecular weight is 582 g/mol. The fourth-order valence-electron chi connectivity index (χ4n) is 6.77. The van der Waals surface area contributed by atoms with Gasteiger partial charge in [0.2, 0.25) is 0 Å². The Kier molecular flexibility index (Phi) is 10.1. The quantitative estimate of drug-likeness (QED) is 0.304. The molecule has 6 heteroatoms. The maximum atomic E-state index is 10.8. The molecule has 3 heterocycles. The van der Waals surface area contributed by atoms with Crippen molar-refractivity contribution in [2.45, 2.75) is 64.8 Å². The molecule has 0 aromatic heterocycles. The average Bonchev–Trinajstić information content (AvgIpc) is 2.99. The van der Waals surface area contributed by atoms with Crippen LogP contribution in [0.4, 0.5) is 17.1 Å². The molecule has 43 heavy (non-hydrogen) atoms. The van der Waals surface area contributed by atoms with E-state index in [4.69, 9.17) is 0 Å². The highest BCUT2D eigenvalue weighted by Crippen LogP contribution is 2.42. The van der Waals surface area contributed by atoms with Crippen molar-refractivity contribution in [3.63, 3.8) is 0 Å². The monoisotopic (exact) mass is 581 g/mol. The third-order valence-electron chi connectivity index (χ3n) is 9.19. The van der Waals surface area contributed by atoms with Gasteiger partial charge in [0, 0.05) is 73.5 Å². The normalized spacial score (nSPS) is 19.7. The van der Waals surface area contributed by atoms with Gasteiger partial charge >= 0.3 is 0 Å². The first-order valence-corrected chi connectivity index (χ1v) is 15.4. The molecular weight excluding hydrogens is 534 g/mol. The van der Waals surface area contributed by atoms with Crippen LogP contribution in [0.25, 0.3) is 0 Å². The minimum Gasteiger partial charge on any atom is -0.374 e. The zero-order valence-electron chi connectivity index (χ0n) is 26.9. The Balaban J connectivity index is 0.000000148. The van der Waals surface area contributed by atoms with Crippen molar-refractivity contribution in [1.29, 1.82) is 0 Å². The molecule has 3 aromatic rings. The molecule has 0 fully saturated rings. The first-order valence-electron chi connectivity index (χ1n) is 15.4. The number of rotatable bonds is 3. The van der Waals surface area contributed by atoms with Gasteiger partial charge in [0.25, 0.3) is 0 Å². The van der Waals surface area contributed by atoms with Crippen molar-refractivity contribution in [1.82, 2.24) is 0 Å². The number of hydrogen-bond acceptors (Lipinski definition) is 6. The fraction of sp³-hybridized carbons (Fsp3) is 0.432. The van der Waals surface area contributed by atoms with E-state index in [0.29, 0.717) is 11.8 Å². The minimum absolute atomic E-state index is 0.190. The van der Waals surface area contributed by atoms with Gasteiger partial charge in [-0.3, -0.25) is 14.4 Å². The Morgan fingerprint density at radius 3 is 1.86 bits per heavy atom. The van der Waals surface area contributed by atoms with Crippen molar-refractivity contribution in [2.75, 3.05) is 48.9 Å². The molecule has 0 N–H and O–H groups in total. The van der Waals surface area contributed by atoms with E-state index in [-0.39, 0.29) is 5.54 Å². The zero-order chi connectivity index (χ0) is 31.3. The highest BCUT2D eigenvalue weighted by molar-refractivity contribution is 5.79. The highest BCUT2D eigenvalue weighted by atomic mass is 16.1. The van der Waals surface area contributed by atoms with Gasteiger partial charge in [-0.1, -0.05) is 13.8 Å². The van der Waals surface area contributed by atoms with Crippen LogP contribution >= 0.6 is 0 Å². The Labute approximate surface area is 257 Å². The number of hydrogen-bond donors (Lipinski definition) is 0. The number of nitrogens with zero attached hydrogens (tertiary/aromatic N) is 3. The topological polar surface area (TPSA) is 60.9 Å². The van der Waals surface area contributed by atoms with E-state index in [1.807, 2.05) is 48.5 Å². The summed E-state index contributed by atoms with van der Waals surface area (Å²) in [5.41, 5.74) is 10.2. The molecule has 3 aliphatic rings. The highest BCUT2D eigenvalue weighted by Gasteiger charge is 2.33. The maximum Gasteiger partial charge on any atom is 0.150 e. The van der Waals surface area contributed by atoms with Crippen LogP contribution in [0, 0.1) is 5.92 Å². The van der Waals surface area contributed by atoms with Gasteiger partial charge in [-0.05, 0) is 123 Å². The van der Waals surface area contributed by atoms with E-state index < -0.39 is 0 Å². The number of carbonyl (C=O) groups excluding carboxylic acids is 3. The SMILES string of the molecule is CC1CC(C)(C)N(C)c2ccc(C=O)cc21.CC1Cc2cc(C=O)ccc2N(C)C1.CN1CCCc2cc(C=O)ccc21. The molecule has 6 nitrogen and oxygen atoms in total. The summed E-state index contributed by atoms with van der Waals surface area (Å²) < 4.78 is 0. The van der Waals surface area contributed by atoms with Gasteiger partial charge in [-0.15, -0.1) is 0 Å². The molecule has 2 unspecified atom stereocenters. The molecule has 0 spiro atoms. The number of carbonyl (C=O) groups is 3. The predicted molar refractivity (Wildman–Crippen MR) is 179 cm³/mol. The van der Waals surface area contributed by atoms with Gasteiger partial charge in [0.15, 0.2) is 0 Å². The number of aldehydes is 3. The second-order valence-electron chi connectivity index (χ2n) is 13.1. The summed E-state index contributed by atoms with van der Waals surface area (Å²) in [6.45, 7) is 11.2. The summed E-state index contributed by atoms with van der Waals surface area (Å²) in [6, 6.07) is 17.9. The molecule has 0 radical (unpaired) electrons. The summed E-state index contributed by atoms with van der Waals surface area (Å²) in [6.07, 6.45) is 7.24. The molecule has 0 saturated carbocycles. The maximum absolute atomic E-state index is 10.8. The number of anilines is 3. The van der Waals surface area contributed by atoms with Crippen molar-refractivity contribution < 1.29 is 14.4 Å². The Hall–Kier alpha value is -3.93. The molecule has 228 valence electrons. The predicted octanol–water partition coefficient (Wildman–Crippen LogP) is 7.23. The molecule has 3 aliphatic heterocycles. The summed E-state index contributed by atoms with van der Waals surface area (Å²) in [5, 5.41) is 0. The lowest BCUT2D eigenvalue weighted by Gasteiger charge is -2.45. The first-order chi connectivity index (χ1) is 20.5. The lowest BCUT2D eigenvalue weighted by Crippen LogP contribution is -2.45. The van der Waals surface area contributed by atoms with Crippen LogP contribution in [0.15, 0.2) is 54.6 Å². The van der Waals surface area contributed by atoms with E-state index in [1.54, 1.807) is 0 Å². The van der Waals surface area contributed by atoms with Gasteiger partial charge < -0.3 is 14.7 Å². The van der Waals surface area contributed by atoms with Crippen LogP contribution in [0.2, 0.25) is 0 Å². The largest absolute Gasteiger partial charge is 0.374 e. The number of benzene rings is 3. The van der Waals surface area contributed by atoms with Crippen molar-refractivity contribution in [2.24, 2.45) is 5.92 Å². The summed E-state index contributed by atoms with van der Waals surface area (Å²) in [7, 11) is 6.33. The lowest BCUT2D eigenvalue weighted by molar-refractivity contribution is 0.111. The van der Waals surface area contributed by atoms with E-state index in [9.17, 15) is 14.4 Å². The van der Waals surface area contributed by atoms with Crippen molar-refractivity contribution in [3.05, 3.63) is 88.0 Å². The van der Waals surface area contributed by atoms with E-state index in [2.05, 4.69) is 69.6 Å². The molecule has 3 aromatic carbocycles. The zero-order valence-corrected chi connectivity index (χ0v) is 26.9. The molecule has 2 atom stereocenters. The van der Waals surface area contributed by atoms with Gasteiger partial charge in [-0.2, -0.15) is 0 Å². The van der Waals surface area contributed by atoms with Crippen LogP contribution in [-0.2, 0) is 12.8 Å².